The molecule has 0 saturated heterocycles. The van der Waals surface area contributed by atoms with Crippen LogP contribution < -0.4 is 0 Å². The lowest BCUT2D eigenvalue weighted by Gasteiger charge is -2.41. The van der Waals surface area contributed by atoms with E-state index in [1.807, 2.05) is 52.1 Å². The van der Waals surface area contributed by atoms with Crippen LogP contribution in [0, 0.1) is 5.92 Å². The van der Waals surface area contributed by atoms with Crippen molar-refractivity contribution in [3.63, 3.8) is 0 Å². The molecule has 1 aliphatic rings. The van der Waals surface area contributed by atoms with Gasteiger partial charge in [0.15, 0.2) is 0 Å². The van der Waals surface area contributed by atoms with Crippen LogP contribution in [0.25, 0.3) is 0 Å². The number of carbonyl (C=O) groups excluding carboxylic acids is 2. The van der Waals surface area contributed by atoms with E-state index in [-0.39, 0.29) is 12.1 Å². The highest BCUT2D eigenvalue weighted by Crippen LogP contribution is 2.34. The van der Waals surface area contributed by atoms with E-state index in [4.69, 9.17) is 4.74 Å². The summed E-state index contributed by atoms with van der Waals surface area (Å²) in [4.78, 5) is 24.4. The van der Waals surface area contributed by atoms with Crippen molar-refractivity contribution < 1.29 is 14.3 Å². The second-order valence-electron chi connectivity index (χ2n) is 7.15. The normalized spacial score (nSPS) is 20.9. The van der Waals surface area contributed by atoms with Crippen LogP contribution in [0.3, 0.4) is 0 Å². The molecule has 1 aromatic rings. The largest absolute Gasteiger partial charge is 0.444 e. The molecule has 1 aromatic carbocycles. The first kappa shape index (κ1) is 16.5. The molecule has 0 aliphatic heterocycles. The first-order chi connectivity index (χ1) is 10.3. The highest BCUT2D eigenvalue weighted by atomic mass is 16.6. The highest BCUT2D eigenvalue weighted by molar-refractivity contribution is 5.74. The van der Waals surface area contributed by atoms with E-state index in [9.17, 15) is 9.59 Å². The minimum atomic E-state index is -0.450. The Kier molecular flexibility index (Phi) is 4.89. The topological polar surface area (TPSA) is 46.6 Å². The van der Waals surface area contributed by atoms with Gasteiger partial charge < -0.3 is 9.64 Å². The minimum absolute atomic E-state index is 0.244. The van der Waals surface area contributed by atoms with Crippen LogP contribution in [0.5, 0.6) is 0 Å². The van der Waals surface area contributed by atoms with Crippen LogP contribution in [0.1, 0.15) is 49.5 Å². The van der Waals surface area contributed by atoms with Crippen LogP contribution in [0.2, 0.25) is 0 Å². The summed E-state index contributed by atoms with van der Waals surface area (Å²) in [5.74, 6) is 0.594. The third-order valence-electron chi connectivity index (χ3n) is 4.08. The van der Waals surface area contributed by atoms with Gasteiger partial charge in [-0.15, -0.1) is 0 Å². The lowest BCUT2D eigenvalue weighted by Crippen LogP contribution is -2.47. The summed E-state index contributed by atoms with van der Waals surface area (Å²) in [6.45, 7) is 5.64. The molecule has 2 rings (SSSR count). The number of nitrogens with zero attached hydrogens (tertiary/aromatic N) is 1. The van der Waals surface area contributed by atoms with Gasteiger partial charge in [0.2, 0.25) is 0 Å². The van der Waals surface area contributed by atoms with Gasteiger partial charge >= 0.3 is 6.09 Å². The summed E-state index contributed by atoms with van der Waals surface area (Å²) in [5, 5.41) is 0. The van der Waals surface area contributed by atoms with Gasteiger partial charge in [0, 0.05) is 18.7 Å². The van der Waals surface area contributed by atoms with Gasteiger partial charge in [0.05, 0.1) is 0 Å². The molecule has 1 amide bonds. The van der Waals surface area contributed by atoms with Crippen molar-refractivity contribution in [1.82, 2.24) is 4.90 Å². The maximum atomic E-state index is 12.0. The fourth-order valence-electron chi connectivity index (χ4n) is 2.73. The van der Waals surface area contributed by atoms with Crippen molar-refractivity contribution in [2.24, 2.45) is 5.92 Å². The van der Waals surface area contributed by atoms with Gasteiger partial charge in [0.25, 0.3) is 0 Å². The average Bonchev–Trinajstić information content (AvgIpc) is 2.40. The number of aldehydes is 1. The van der Waals surface area contributed by atoms with Gasteiger partial charge in [-0.25, -0.2) is 4.79 Å². The summed E-state index contributed by atoms with van der Waals surface area (Å²) >= 11 is 0. The molecule has 1 fully saturated rings. The Morgan fingerprint density at radius 1 is 1.27 bits per heavy atom. The summed E-state index contributed by atoms with van der Waals surface area (Å²) in [7, 11) is 1.81. The molecule has 0 bridgehead atoms. The van der Waals surface area contributed by atoms with Crippen molar-refractivity contribution in [3.05, 3.63) is 35.4 Å². The predicted octanol–water partition coefficient (Wildman–Crippen LogP) is 3.69. The molecule has 0 heterocycles. The van der Waals surface area contributed by atoms with E-state index >= 15 is 0 Å². The van der Waals surface area contributed by atoms with Crippen LogP contribution in [-0.2, 0) is 11.2 Å². The summed E-state index contributed by atoms with van der Waals surface area (Å²) in [6, 6.07) is 7.99. The number of benzene rings is 1. The van der Waals surface area contributed by atoms with E-state index in [0.717, 1.165) is 25.5 Å². The Hall–Kier alpha value is -1.84. The second kappa shape index (κ2) is 6.51. The summed E-state index contributed by atoms with van der Waals surface area (Å²) in [5.41, 5.74) is 1.50. The number of carbonyl (C=O) groups is 2. The van der Waals surface area contributed by atoms with Crippen LogP contribution >= 0.6 is 0 Å². The van der Waals surface area contributed by atoms with Crippen molar-refractivity contribution in [2.45, 2.75) is 51.7 Å². The Morgan fingerprint density at radius 3 is 2.36 bits per heavy atom. The first-order valence-corrected chi connectivity index (χ1v) is 7.78. The SMILES string of the molecule is CN(C(=O)OC(C)(C)C)C1CC(Cc2ccc(C=O)cc2)C1. The monoisotopic (exact) mass is 303 g/mol. The Balaban J connectivity index is 1.79. The standard InChI is InChI=1S/C18H25NO3/c1-18(2,3)22-17(21)19(4)16-10-15(11-16)9-13-5-7-14(12-20)8-6-13/h5-8,12,15-16H,9-11H2,1-4H3. The molecule has 0 atom stereocenters. The van der Waals surface area contributed by atoms with Crippen molar-refractivity contribution >= 4 is 12.4 Å². The molecule has 1 aliphatic carbocycles. The fraction of sp³-hybridized carbons (Fsp3) is 0.556. The zero-order chi connectivity index (χ0) is 16.3. The van der Waals surface area contributed by atoms with Crippen LogP contribution in [-0.4, -0.2) is 36.0 Å². The maximum absolute atomic E-state index is 12.0. The summed E-state index contributed by atoms with van der Waals surface area (Å²) < 4.78 is 5.39. The Morgan fingerprint density at radius 2 is 1.86 bits per heavy atom. The van der Waals surface area contributed by atoms with Gasteiger partial charge in [-0.3, -0.25) is 4.79 Å². The molecule has 4 nitrogen and oxygen atoms in total. The van der Waals surface area contributed by atoms with Crippen LogP contribution in [0.4, 0.5) is 4.79 Å². The van der Waals surface area contributed by atoms with Gasteiger partial charge in [-0.1, -0.05) is 24.3 Å². The highest BCUT2D eigenvalue weighted by Gasteiger charge is 2.35. The number of rotatable bonds is 4. The number of hydrogen-bond acceptors (Lipinski definition) is 3. The first-order valence-electron chi connectivity index (χ1n) is 7.78. The van der Waals surface area contributed by atoms with E-state index in [0.29, 0.717) is 11.5 Å². The fourth-order valence-corrected chi connectivity index (χ4v) is 2.73. The quantitative estimate of drug-likeness (QED) is 0.797. The molecule has 0 unspecified atom stereocenters. The number of hydrogen-bond donors (Lipinski definition) is 0. The molecular formula is C18H25NO3. The smallest absolute Gasteiger partial charge is 0.410 e. The predicted molar refractivity (Wildman–Crippen MR) is 86.0 cm³/mol. The molecule has 0 aromatic heterocycles. The lowest BCUT2D eigenvalue weighted by molar-refractivity contribution is 0.00665. The van der Waals surface area contributed by atoms with Crippen LogP contribution in [0.15, 0.2) is 24.3 Å². The maximum Gasteiger partial charge on any atom is 0.410 e. The molecule has 4 heteroatoms. The third-order valence-corrected chi connectivity index (χ3v) is 4.08. The number of ether oxygens (including phenoxy) is 1. The number of amides is 1. The molecule has 22 heavy (non-hydrogen) atoms. The van der Waals surface area contributed by atoms with Gasteiger partial charge in [-0.05, 0) is 51.5 Å². The van der Waals surface area contributed by atoms with E-state index in [1.54, 1.807) is 4.90 Å². The molecule has 0 spiro atoms. The summed E-state index contributed by atoms with van der Waals surface area (Å²) in [6.07, 6.45) is 3.62. The zero-order valence-corrected chi connectivity index (χ0v) is 13.8. The van der Waals surface area contributed by atoms with Gasteiger partial charge in [-0.2, -0.15) is 0 Å². The molecule has 0 radical (unpaired) electrons. The molecule has 1 saturated carbocycles. The molecular weight excluding hydrogens is 278 g/mol. The van der Waals surface area contributed by atoms with E-state index < -0.39 is 5.60 Å². The Labute approximate surface area is 132 Å². The zero-order valence-electron chi connectivity index (χ0n) is 13.8. The Bertz CT molecular complexity index is 524. The van der Waals surface area contributed by atoms with Crippen molar-refractivity contribution in [2.75, 3.05) is 7.05 Å². The average molecular weight is 303 g/mol. The second-order valence-corrected chi connectivity index (χ2v) is 7.15. The van der Waals surface area contributed by atoms with E-state index in [1.165, 1.54) is 5.56 Å². The lowest BCUT2D eigenvalue weighted by atomic mass is 9.76. The minimum Gasteiger partial charge on any atom is -0.444 e. The van der Waals surface area contributed by atoms with Crippen molar-refractivity contribution in [1.29, 1.82) is 0 Å². The van der Waals surface area contributed by atoms with Gasteiger partial charge in [0.1, 0.15) is 11.9 Å². The van der Waals surface area contributed by atoms with E-state index in [2.05, 4.69) is 0 Å². The molecule has 0 N–H and O–H groups in total. The molecule has 120 valence electrons. The van der Waals surface area contributed by atoms with Crippen molar-refractivity contribution in [3.8, 4) is 0 Å². The third kappa shape index (κ3) is 4.33.